The van der Waals surface area contributed by atoms with Gasteiger partial charge in [-0.3, -0.25) is 4.79 Å². The van der Waals surface area contributed by atoms with Gasteiger partial charge in [-0.05, 0) is 12.1 Å². The van der Waals surface area contributed by atoms with Gasteiger partial charge >= 0.3 is 0 Å². The normalized spacial score (nSPS) is 9.88. The molecule has 86 valence electrons. The Kier molecular flexibility index (Phi) is 3.10. The number of carbonyl (C=O) groups excluding carboxylic acids is 1. The molecular weight excluding hydrogens is 238 g/mol. The molecule has 4 N–H and O–H groups in total. The second-order valence-electron chi connectivity index (χ2n) is 3.22. The quantitative estimate of drug-likeness (QED) is 0.693. The summed E-state index contributed by atoms with van der Waals surface area (Å²) in [5, 5.41) is 12.3. The average molecular weight is 247 g/mol. The Bertz CT molecular complexity index is 552. The highest BCUT2D eigenvalue weighted by molar-refractivity contribution is 7.80. The van der Waals surface area contributed by atoms with E-state index in [4.69, 9.17) is 18.0 Å². The predicted octanol–water partition coefficient (Wildman–Crippen LogP) is 0.691. The van der Waals surface area contributed by atoms with Crippen molar-refractivity contribution in [2.24, 2.45) is 5.73 Å². The molecule has 6 nitrogen and oxygen atoms in total. The van der Waals surface area contributed by atoms with Crippen molar-refractivity contribution < 1.29 is 4.79 Å². The maximum Gasteiger partial charge on any atom is 0.277 e. The molecule has 2 rings (SSSR count). The Morgan fingerprint density at radius 1 is 1.41 bits per heavy atom. The van der Waals surface area contributed by atoms with Crippen molar-refractivity contribution in [3.8, 4) is 0 Å². The van der Waals surface area contributed by atoms with Crippen LogP contribution in [0.25, 0.3) is 0 Å². The number of aromatic amines is 1. The lowest BCUT2D eigenvalue weighted by atomic mass is 10.1. The van der Waals surface area contributed by atoms with Gasteiger partial charge in [0.15, 0.2) is 5.69 Å². The van der Waals surface area contributed by atoms with Crippen LogP contribution in [0, 0.1) is 0 Å². The number of rotatable bonds is 3. The molecule has 0 bridgehead atoms. The smallest absolute Gasteiger partial charge is 0.277 e. The number of nitrogens with zero attached hydrogens (tertiary/aromatic N) is 2. The van der Waals surface area contributed by atoms with Gasteiger partial charge in [-0.1, -0.05) is 24.4 Å². The van der Waals surface area contributed by atoms with E-state index in [1.54, 1.807) is 24.3 Å². The van der Waals surface area contributed by atoms with Crippen molar-refractivity contribution >= 4 is 28.8 Å². The lowest BCUT2D eigenvalue weighted by molar-refractivity contribution is 0.102. The summed E-state index contributed by atoms with van der Waals surface area (Å²) in [7, 11) is 0. The van der Waals surface area contributed by atoms with Crippen LogP contribution >= 0.6 is 12.2 Å². The molecule has 0 atom stereocenters. The van der Waals surface area contributed by atoms with Gasteiger partial charge in [0.2, 0.25) is 0 Å². The predicted molar refractivity (Wildman–Crippen MR) is 66.7 cm³/mol. The fourth-order valence-corrected chi connectivity index (χ4v) is 1.48. The minimum absolute atomic E-state index is 0.197. The lowest BCUT2D eigenvalue weighted by Gasteiger charge is -2.08. The average Bonchev–Trinajstić information content (AvgIpc) is 2.83. The van der Waals surface area contributed by atoms with Crippen molar-refractivity contribution in [1.29, 1.82) is 0 Å². The van der Waals surface area contributed by atoms with E-state index in [0.29, 0.717) is 11.3 Å². The zero-order valence-electron chi connectivity index (χ0n) is 8.68. The molecule has 17 heavy (non-hydrogen) atoms. The van der Waals surface area contributed by atoms with Crippen LogP contribution < -0.4 is 11.1 Å². The molecule has 0 saturated heterocycles. The van der Waals surface area contributed by atoms with Crippen LogP contribution in [0.3, 0.4) is 0 Å². The van der Waals surface area contributed by atoms with Gasteiger partial charge in [0.1, 0.15) is 4.99 Å². The number of benzene rings is 1. The number of hydrogen-bond donors (Lipinski definition) is 3. The van der Waals surface area contributed by atoms with E-state index in [1.165, 1.54) is 6.20 Å². The van der Waals surface area contributed by atoms with E-state index in [0.717, 1.165) is 0 Å². The summed E-state index contributed by atoms with van der Waals surface area (Å²) in [5.74, 6) is -0.373. The lowest BCUT2D eigenvalue weighted by Crippen LogP contribution is -2.17. The molecule has 0 aliphatic heterocycles. The van der Waals surface area contributed by atoms with E-state index < -0.39 is 0 Å². The SMILES string of the molecule is NC(=S)c1ccccc1NC(=O)c1cn[nH]n1. The third-order valence-electron chi connectivity index (χ3n) is 2.09. The first-order valence-electron chi connectivity index (χ1n) is 4.74. The Morgan fingerprint density at radius 2 is 2.18 bits per heavy atom. The number of carbonyl (C=O) groups is 1. The second-order valence-corrected chi connectivity index (χ2v) is 3.66. The van der Waals surface area contributed by atoms with E-state index >= 15 is 0 Å². The van der Waals surface area contributed by atoms with Crippen LogP contribution in [0.5, 0.6) is 0 Å². The molecule has 0 saturated carbocycles. The first-order valence-corrected chi connectivity index (χ1v) is 5.15. The van der Waals surface area contributed by atoms with Crippen LogP contribution in [-0.4, -0.2) is 26.3 Å². The first kappa shape index (κ1) is 11.2. The minimum atomic E-state index is -0.373. The standard InChI is InChI=1S/C10H9N5OS/c11-9(17)6-3-1-2-4-7(6)13-10(16)8-5-12-15-14-8/h1-5H,(H2,11,17)(H,13,16)(H,12,14,15). The maximum atomic E-state index is 11.7. The number of para-hydroxylation sites is 1. The zero-order valence-corrected chi connectivity index (χ0v) is 9.49. The molecule has 1 aromatic heterocycles. The summed E-state index contributed by atoms with van der Waals surface area (Å²) >= 11 is 4.89. The van der Waals surface area contributed by atoms with Crippen molar-refractivity contribution in [2.45, 2.75) is 0 Å². The molecule has 1 amide bonds. The van der Waals surface area contributed by atoms with Crippen molar-refractivity contribution in [3.63, 3.8) is 0 Å². The van der Waals surface area contributed by atoms with Gasteiger partial charge in [-0.2, -0.15) is 15.4 Å². The molecule has 1 heterocycles. The van der Waals surface area contributed by atoms with Crippen LogP contribution in [0.2, 0.25) is 0 Å². The third-order valence-corrected chi connectivity index (χ3v) is 2.31. The number of H-pyrrole nitrogens is 1. The molecule has 0 radical (unpaired) electrons. The number of nitrogens with one attached hydrogen (secondary N) is 2. The summed E-state index contributed by atoms with van der Waals surface area (Å²) in [6.07, 6.45) is 1.33. The summed E-state index contributed by atoms with van der Waals surface area (Å²) in [5.41, 5.74) is 6.91. The number of thiocarbonyl (C=S) groups is 1. The molecule has 0 aliphatic rings. The van der Waals surface area contributed by atoms with Crippen LogP contribution in [0.15, 0.2) is 30.5 Å². The highest BCUT2D eigenvalue weighted by atomic mass is 32.1. The third kappa shape index (κ3) is 2.45. The zero-order chi connectivity index (χ0) is 12.3. The number of hydrogen-bond acceptors (Lipinski definition) is 4. The van der Waals surface area contributed by atoms with Crippen LogP contribution in [-0.2, 0) is 0 Å². The first-order chi connectivity index (χ1) is 8.18. The second kappa shape index (κ2) is 4.71. The Hall–Kier alpha value is -2.28. The molecule has 0 fully saturated rings. The summed E-state index contributed by atoms with van der Waals surface area (Å²) in [6, 6.07) is 7.02. The van der Waals surface area contributed by atoms with E-state index in [1.807, 2.05) is 0 Å². The highest BCUT2D eigenvalue weighted by Gasteiger charge is 2.11. The Morgan fingerprint density at radius 3 is 2.82 bits per heavy atom. The fraction of sp³-hybridized carbons (Fsp3) is 0. The van der Waals surface area contributed by atoms with Gasteiger partial charge < -0.3 is 11.1 Å². The van der Waals surface area contributed by atoms with Gasteiger partial charge in [-0.25, -0.2) is 0 Å². The number of aromatic nitrogens is 3. The molecule has 0 spiro atoms. The van der Waals surface area contributed by atoms with Crippen LogP contribution in [0.4, 0.5) is 5.69 Å². The number of amides is 1. The number of anilines is 1. The van der Waals surface area contributed by atoms with Crippen molar-refractivity contribution in [2.75, 3.05) is 5.32 Å². The molecule has 2 aromatic rings. The van der Waals surface area contributed by atoms with Crippen LogP contribution in [0.1, 0.15) is 16.1 Å². The molecule has 7 heteroatoms. The fourth-order valence-electron chi connectivity index (χ4n) is 1.30. The Balaban J connectivity index is 2.25. The van der Waals surface area contributed by atoms with Crippen molar-refractivity contribution in [1.82, 2.24) is 15.4 Å². The van der Waals surface area contributed by atoms with Gasteiger partial charge in [0, 0.05) is 5.56 Å². The Labute approximate surface area is 102 Å². The largest absolute Gasteiger partial charge is 0.389 e. The van der Waals surface area contributed by atoms with E-state index in [-0.39, 0.29) is 16.6 Å². The summed E-state index contributed by atoms with van der Waals surface area (Å²) in [4.78, 5) is 12.0. The molecule has 0 aliphatic carbocycles. The maximum absolute atomic E-state index is 11.7. The number of nitrogens with two attached hydrogens (primary N) is 1. The van der Waals surface area contributed by atoms with E-state index in [2.05, 4.69) is 20.7 Å². The van der Waals surface area contributed by atoms with Gasteiger partial charge in [0.25, 0.3) is 5.91 Å². The topological polar surface area (TPSA) is 96.7 Å². The molecule has 1 aromatic carbocycles. The monoisotopic (exact) mass is 247 g/mol. The minimum Gasteiger partial charge on any atom is -0.389 e. The molecule has 0 unspecified atom stereocenters. The van der Waals surface area contributed by atoms with E-state index in [9.17, 15) is 4.79 Å². The van der Waals surface area contributed by atoms with Gasteiger partial charge in [-0.15, -0.1) is 0 Å². The summed E-state index contributed by atoms with van der Waals surface area (Å²) in [6.45, 7) is 0. The summed E-state index contributed by atoms with van der Waals surface area (Å²) < 4.78 is 0. The van der Waals surface area contributed by atoms with Gasteiger partial charge in [0.05, 0.1) is 11.9 Å². The van der Waals surface area contributed by atoms with Crippen molar-refractivity contribution in [3.05, 3.63) is 41.7 Å². The highest BCUT2D eigenvalue weighted by Crippen LogP contribution is 2.15. The molecular formula is C10H9N5OS.